The third-order valence-electron chi connectivity index (χ3n) is 4.09. The van der Waals surface area contributed by atoms with Crippen LogP contribution >= 0.6 is 27.5 Å². The normalized spacial score (nSPS) is 12.2. The molecule has 0 aliphatic rings. The molecule has 0 saturated heterocycles. The zero-order valence-corrected chi connectivity index (χ0v) is 17.0. The summed E-state index contributed by atoms with van der Waals surface area (Å²) in [7, 11) is 0. The Morgan fingerprint density at radius 3 is 2.73 bits per heavy atom. The molecule has 0 aliphatic carbocycles. The van der Waals surface area contributed by atoms with Crippen LogP contribution in [0.5, 0.6) is 0 Å². The van der Waals surface area contributed by atoms with Crippen LogP contribution in [-0.4, -0.2) is 25.5 Å². The Bertz CT molecular complexity index is 929. The zero-order chi connectivity index (χ0) is 18.8. The van der Waals surface area contributed by atoms with Gasteiger partial charge in [-0.3, -0.25) is 14.2 Å². The van der Waals surface area contributed by atoms with Crippen LogP contribution in [0.3, 0.4) is 0 Å². The van der Waals surface area contributed by atoms with Crippen LogP contribution in [0, 0.1) is 13.8 Å². The second-order valence-electron chi connectivity index (χ2n) is 6.17. The van der Waals surface area contributed by atoms with Gasteiger partial charge in [0.25, 0.3) is 0 Å². The van der Waals surface area contributed by atoms with Crippen LogP contribution in [-0.2, 0) is 11.3 Å². The number of hydrogen-bond acceptors (Lipinski definition) is 3. The Morgan fingerprint density at radius 2 is 2.08 bits per heavy atom. The van der Waals surface area contributed by atoms with Crippen molar-refractivity contribution in [3.05, 3.63) is 63.0 Å². The Hall–Kier alpha value is -2.12. The largest absolute Gasteiger partial charge is 0.307 e. The highest BCUT2D eigenvalue weighted by atomic mass is 79.9. The number of aryl methyl sites for hydroxylation is 2. The molecule has 2 aromatic heterocycles. The lowest BCUT2D eigenvalue weighted by Gasteiger charge is -2.11. The minimum absolute atomic E-state index is 0.174. The average molecular weight is 437 g/mol. The third kappa shape index (κ3) is 4.16. The maximum absolute atomic E-state index is 12.5. The van der Waals surface area contributed by atoms with E-state index in [9.17, 15) is 4.79 Å². The molecule has 1 aromatic carbocycles. The number of halogens is 2. The number of carbonyl (C=O) groups is 1. The van der Waals surface area contributed by atoms with Crippen LogP contribution < -0.4 is 5.32 Å². The van der Waals surface area contributed by atoms with Crippen LogP contribution in [0.4, 0.5) is 5.82 Å². The number of rotatable bonds is 5. The summed E-state index contributed by atoms with van der Waals surface area (Å²) in [4.78, 5) is 12.5. The predicted octanol–water partition coefficient (Wildman–Crippen LogP) is 4.36. The number of carbonyl (C=O) groups excluding carboxylic acids is 1. The maximum Gasteiger partial charge on any atom is 0.250 e. The van der Waals surface area contributed by atoms with Crippen molar-refractivity contribution < 1.29 is 4.79 Å². The molecule has 3 aromatic rings. The lowest BCUT2D eigenvalue weighted by molar-refractivity contribution is -0.119. The average Bonchev–Trinajstić information content (AvgIpc) is 3.09. The summed E-state index contributed by atoms with van der Waals surface area (Å²) in [5.74, 6) is 0.344. The molecular weight excluding hydrogens is 418 g/mol. The quantitative estimate of drug-likeness (QED) is 0.646. The number of hydrogen-bond donors (Lipinski definition) is 1. The van der Waals surface area contributed by atoms with E-state index in [1.807, 2.05) is 48.9 Å². The molecule has 0 saturated carbocycles. The van der Waals surface area contributed by atoms with E-state index in [2.05, 4.69) is 31.4 Å². The topological polar surface area (TPSA) is 64.7 Å². The fourth-order valence-electron chi connectivity index (χ4n) is 2.55. The molecule has 0 bridgehead atoms. The van der Waals surface area contributed by atoms with Gasteiger partial charge in [-0.15, -0.1) is 0 Å². The molecule has 8 heteroatoms. The molecule has 6 nitrogen and oxygen atoms in total. The summed E-state index contributed by atoms with van der Waals surface area (Å²) in [5.41, 5.74) is 2.84. The molecule has 1 unspecified atom stereocenters. The van der Waals surface area contributed by atoms with Crippen molar-refractivity contribution in [2.75, 3.05) is 5.32 Å². The van der Waals surface area contributed by atoms with Gasteiger partial charge >= 0.3 is 0 Å². The minimum Gasteiger partial charge on any atom is -0.307 e. The summed E-state index contributed by atoms with van der Waals surface area (Å²) >= 11 is 9.44. The smallest absolute Gasteiger partial charge is 0.250 e. The number of anilines is 1. The first kappa shape index (κ1) is 18.7. The first-order valence-electron chi connectivity index (χ1n) is 8.14. The molecular formula is C18H19BrClN5O. The lowest BCUT2D eigenvalue weighted by Crippen LogP contribution is -2.24. The van der Waals surface area contributed by atoms with Gasteiger partial charge in [0.1, 0.15) is 6.04 Å². The molecule has 26 heavy (non-hydrogen) atoms. The lowest BCUT2D eigenvalue weighted by atomic mass is 10.2. The monoisotopic (exact) mass is 435 g/mol. The van der Waals surface area contributed by atoms with E-state index >= 15 is 0 Å². The molecule has 0 radical (unpaired) electrons. The van der Waals surface area contributed by atoms with Gasteiger partial charge in [-0.25, -0.2) is 0 Å². The Labute approximate surface area is 165 Å². The molecule has 2 heterocycles. The molecule has 0 fully saturated rings. The van der Waals surface area contributed by atoms with Crippen molar-refractivity contribution in [2.45, 2.75) is 33.4 Å². The molecule has 136 valence electrons. The number of nitrogens with one attached hydrogen (secondary N) is 1. The van der Waals surface area contributed by atoms with Gasteiger partial charge in [0.05, 0.1) is 16.7 Å². The van der Waals surface area contributed by atoms with E-state index in [1.54, 1.807) is 17.8 Å². The van der Waals surface area contributed by atoms with Crippen molar-refractivity contribution in [1.82, 2.24) is 19.6 Å². The highest BCUT2D eigenvalue weighted by Crippen LogP contribution is 2.19. The summed E-state index contributed by atoms with van der Waals surface area (Å²) in [5, 5.41) is 12.4. The van der Waals surface area contributed by atoms with Crippen molar-refractivity contribution in [1.29, 1.82) is 0 Å². The van der Waals surface area contributed by atoms with Crippen LogP contribution in [0.1, 0.15) is 29.9 Å². The van der Waals surface area contributed by atoms with Gasteiger partial charge < -0.3 is 5.32 Å². The predicted molar refractivity (Wildman–Crippen MR) is 106 cm³/mol. The molecule has 1 amide bonds. The fraction of sp³-hybridized carbons (Fsp3) is 0.278. The van der Waals surface area contributed by atoms with Crippen molar-refractivity contribution in [3.8, 4) is 0 Å². The van der Waals surface area contributed by atoms with Gasteiger partial charge in [-0.05, 0) is 54.4 Å². The number of nitrogens with zero attached hydrogens (tertiary/aromatic N) is 4. The van der Waals surface area contributed by atoms with Crippen molar-refractivity contribution in [3.63, 3.8) is 0 Å². The Kier molecular flexibility index (Phi) is 5.48. The Morgan fingerprint density at radius 1 is 1.31 bits per heavy atom. The number of amides is 1. The van der Waals surface area contributed by atoms with Gasteiger partial charge in [-0.2, -0.15) is 10.2 Å². The van der Waals surface area contributed by atoms with Gasteiger partial charge in [0, 0.05) is 23.0 Å². The second-order valence-corrected chi connectivity index (χ2v) is 7.46. The van der Waals surface area contributed by atoms with Crippen LogP contribution in [0.15, 0.2) is 41.0 Å². The summed E-state index contributed by atoms with van der Waals surface area (Å²) in [6.45, 7) is 6.21. The van der Waals surface area contributed by atoms with E-state index in [0.29, 0.717) is 17.4 Å². The fourth-order valence-corrected chi connectivity index (χ4v) is 3.05. The third-order valence-corrected chi connectivity index (χ3v) is 5.10. The first-order chi connectivity index (χ1) is 12.3. The molecule has 3 rings (SSSR count). The number of aromatic nitrogens is 4. The highest BCUT2D eigenvalue weighted by Gasteiger charge is 2.18. The van der Waals surface area contributed by atoms with Gasteiger partial charge in [0.2, 0.25) is 5.91 Å². The second kappa shape index (κ2) is 7.63. The van der Waals surface area contributed by atoms with E-state index in [0.717, 1.165) is 21.4 Å². The van der Waals surface area contributed by atoms with Gasteiger partial charge in [0.15, 0.2) is 5.82 Å². The summed E-state index contributed by atoms with van der Waals surface area (Å²) < 4.78 is 4.34. The first-order valence-corrected chi connectivity index (χ1v) is 9.31. The molecule has 0 spiro atoms. The zero-order valence-electron chi connectivity index (χ0n) is 14.7. The van der Waals surface area contributed by atoms with Crippen LogP contribution in [0.2, 0.25) is 5.02 Å². The Balaban J connectivity index is 1.71. The molecule has 1 N–H and O–H groups in total. The van der Waals surface area contributed by atoms with E-state index < -0.39 is 6.04 Å². The standard InChI is InChI=1S/C18H19BrClN5O/c1-11-7-17(23-24(11)9-14-5-4-6-15(20)8-14)21-18(26)13(3)25-10-16(19)12(2)22-25/h4-8,10,13H,9H2,1-3H3,(H,21,23,26). The van der Waals surface area contributed by atoms with Crippen molar-refractivity contribution in [2.24, 2.45) is 0 Å². The number of benzene rings is 1. The molecule has 1 atom stereocenters. The SMILES string of the molecule is Cc1nn(C(C)C(=O)Nc2cc(C)n(Cc3cccc(Cl)c3)n2)cc1Br. The summed E-state index contributed by atoms with van der Waals surface area (Å²) in [6.07, 6.45) is 1.79. The molecule has 0 aliphatic heterocycles. The van der Waals surface area contributed by atoms with E-state index in [1.165, 1.54) is 0 Å². The summed E-state index contributed by atoms with van der Waals surface area (Å²) in [6, 6.07) is 9.04. The van der Waals surface area contributed by atoms with Gasteiger partial charge in [-0.1, -0.05) is 23.7 Å². The minimum atomic E-state index is -0.446. The van der Waals surface area contributed by atoms with Crippen molar-refractivity contribution >= 4 is 39.3 Å². The maximum atomic E-state index is 12.5. The van der Waals surface area contributed by atoms with Crippen LogP contribution in [0.25, 0.3) is 0 Å². The van der Waals surface area contributed by atoms with E-state index in [-0.39, 0.29) is 5.91 Å². The van der Waals surface area contributed by atoms with E-state index in [4.69, 9.17) is 11.6 Å². The highest BCUT2D eigenvalue weighted by molar-refractivity contribution is 9.10.